The van der Waals surface area contributed by atoms with Gasteiger partial charge < -0.3 is 14.8 Å². The average Bonchev–Trinajstić information content (AvgIpc) is 3.31. The van der Waals surface area contributed by atoms with E-state index in [1.807, 2.05) is 13.8 Å². The maximum atomic E-state index is 12.5. The number of amides is 1. The van der Waals surface area contributed by atoms with Crippen molar-refractivity contribution in [3.63, 3.8) is 0 Å². The van der Waals surface area contributed by atoms with Crippen molar-refractivity contribution in [3.8, 4) is 11.5 Å². The number of carbonyl (C=O) groups excluding carboxylic acids is 1. The molecule has 0 saturated carbocycles. The number of benzene rings is 2. The standard InChI is InChI=1S/C23H29ClN2O5S/c1-16-14-20(15-17(2)22(16)24)31-18(3)23(27)25-10-13-30-19-6-8-21(9-7-19)32(28,29)26-11-4-5-12-26/h6-9,14-15,18H,4-5,10-13H2,1-3H3,(H,25,27)/t18-/m0/s1. The molecule has 0 unspecified atom stereocenters. The molecule has 0 aliphatic carbocycles. The van der Waals surface area contributed by atoms with E-state index < -0.39 is 16.1 Å². The van der Waals surface area contributed by atoms with E-state index in [1.54, 1.807) is 43.3 Å². The van der Waals surface area contributed by atoms with Crippen LogP contribution >= 0.6 is 11.6 Å². The number of nitrogens with zero attached hydrogens (tertiary/aromatic N) is 1. The average molecular weight is 481 g/mol. The van der Waals surface area contributed by atoms with Gasteiger partial charge in [-0.05, 0) is 81.1 Å². The first kappa shape index (κ1) is 24.4. The summed E-state index contributed by atoms with van der Waals surface area (Å²) < 4.78 is 37.9. The number of rotatable bonds is 9. The third kappa shape index (κ3) is 5.94. The van der Waals surface area contributed by atoms with Crippen LogP contribution in [0.5, 0.6) is 11.5 Å². The Labute approximate surface area is 194 Å². The van der Waals surface area contributed by atoms with Gasteiger partial charge in [-0.15, -0.1) is 0 Å². The molecule has 1 atom stereocenters. The lowest BCUT2D eigenvalue weighted by Crippen LogP contribution is -2.38. The lowest BCUT2D eigenvalue weighted by molar-refractivity contribution is -0.127. The van der Waals surface area contributed by atoms with Gasteiger partial charge in [0, 0.05) is 18.1 Å². The van der Waals surface area contributed by atoms with Crippen LogP contribution in [-0.4, -0.2) is 51.0 Å². The van der Waals surface area contributed by atoms with E-state index in [9.17, 15) is 13.2 Å². The van der Waals surface area contributed by atoms with E-state index in [0.29, 0.717) is 36.2 Å². The second-order valence-electron chi connectivity index (χ2n) is 7.85. The lowest BCUT2D eigenvalue weighted by atomic mass is 10.1. The van der Waals surface area contributed by atoms with E-state index in [-0.39, 0.29) is 17.4 Å². The molecule has 174 valence electrons. The van der Waals surface area contributed by atoms with Crippen molar-refractivity contribution in [1.82, 2.24) is 9.62 Å². The molecule has 1 aliphatic heterocycles. The molecule has 1 amide bonds. The van der Waals surface area contributed by atoms with Crippen molar-refractivity contribution in [3.05, 3.63) is 52.5 Å². The first-order chi connectivity index (χ1) is 15.2. The second kappa shape index (κ2) is 10.6. The third-order valence-electron chi connectivity index (χ3n) is 5.29. The molecule has 1 saturated heterocycles. The predicted octanol–water partition coefficient (Wildman–Crippen LogP) is 3.70. The highest BCUT2D eigenvalue weighted by Gasteiger charge is 2.27. The van der Waals surface area contributed by atoms with Crippen LogP contribution in [-0.2, 0) is 14.8 Å². The highest BCUT2D eigenvalue weighted by atomic mass is 35.5. The van der Waals surface area contributed by atoms with Gasteiger partial charge in [-0.1, -0.05) is 11.6 Å². The number of aryl methyl sites for hydroxylation is 2. The molecule has 2 aromatic carbocycles. The largest absolute Gasteiger partial charge is 0.492 e. The fourth-order valence-electron chi connectivity index (χ4n) is 3.50. The summed E-state index contributed by atoms with van der Waals surface area (Å²) >= 11 is 6.16. The zero-order valence-corrected chi connectivity index (χ0v) is 20.1. The lowest BCUT2D eigenvalue weighted by Gasteiger charge is -2.17. The smallest absolute Gasteiger partial charge is 0.260 e. The van der Waals surface area contributed by atoms with E-state index in [2.05, 4.69) is 5.32 Å². The summed E-state index contributed by atoms with van der Waals surface area (Å²) in [4.78, 5) is 12.6. The zero-order chi connectivity index (χ0) is 23.3. The first-order valence-corrected chi connectivity index (χ1v) is 12.4. The van der Waals surface area contributed by atoms with Gasteiger partial charge in [-0.3, -0.25) is 4.79 Å². The van der Waals surface area contributed by atoms with Crippen LogP contribution in [0.25, 0.3) is 0 Å². The molecular weight excluding hydrogens is 452 g/mol. The van der Waals surface area contributed by atoms with Crippen molar-refractivity contribution in [1.29, 1.82) is 0 Å². The summed E-state index contributed by atoms with van der Waals surface area (Å²) in [6.07, 6.45) is 1.12. The van der Waals surface area contributed by atoms with Gasteiger partial charge in [0.25, 0.3) is 5.91 Å². The minimum atomic E-state index is -3.44. The van der Waals surface area contributed by atoms with Gasteiger partial charge in [-0.2, -0.15) is 4.31 Å². The fraction of sp³-hybridized carbons (Fsp3) is 0.435. The summed E-state index contributed by atoms with van der Waals surface area (Å²) in [5, 5.41) is 3.46. The summed E-state index contributed by atoms with van der Waals surface area (Å²) in [5.74, 6) is 0.870. The SMILES string of the molecule is Cc1cc(O[C@@H](C)C(=O)NCCOc2ccc(S(=O)(=O)N3CCCC3)cc2)cc(C)c1Cl. The van der Waals surface area contributed by atoms with Gasteiger partial charge in [0.2, 0.25) is 10.0 Å². The molecule has 0 bridgehead atoms. The first-order valence-electron chi connectivity index (χ1n) is 10.6. The summed E-state index contributed by atoms with van der Waals surface area (Å²) in [6, 6.07) is 9.95. The Balaban J connectivity index is 1.44. The summed E-state index contributed by atoms with van der Waals surface area (Å²) in [6.45, 7) is 7.13. The van der Waals surface area contributed by atoms with Gasteiger partial charge in [0.1, 0.15) is 18.1 Å². The molecule has 0 aromatic heterocycles. The number of ether oxygens (including phenoxy) is 2. The van der Waals surface area contributed by atoms with E-state index in [1.165, 1.54) is 4.31 Å². The quantitative estimate of drug-likeness (QED) is 0.553. The Hall–Kier alpha value is -2.29. The zero-order valence-electron chi connectivity index (χ0n) is 18.6. The van der Waals surface area contributed by atoms with E-state index in [0.717, 1.165) is 24.0 Å². The van der Waals surface area contributed by atoms with Crippen LogP contribution in [0.4, 0.5) is 0 Å². The molecule has 1 fully saturated rings. The normalized spacial score (nSPS) is 15.4. The molecule has 3 rings (SSSR count). The number of carbonyl (C=O) groups is 1. The fourth-order valence-corrected chi connectivity index (χ4v) is 5.13. The maximum Gasteiger partial charge on any atom is 0.260 e. The number of hydrogen-bond acceptors (Lipinski definition) is 5. The minimum Gasteiger partial charge on any atom is -0.492 e. The molecule has 1 heterocycles. The molecule has 7 nitrogen and oxygen atoms in total. The Bertz CT molecular complexity index is 1030. The number of hydrogen-bond donors (Lipinski definition) is 1. The summed E-state index contributed by atoms with van der Waals surface area (Å²) in [7, 11) is -3.44. The van der Waals surface area contributed by atoms with E-state index >= 15 is 0 Å². The molecule has 0 radical (unpaired) electrons. The maximum absolute atomic E-state index is 12.5. The molecular formula is C23H29ClN2O5S. The van der Waals surface area contributed by atoms with Crippen LogP contribution in [0.1, 0.15) is 30.9 Å². The van der Waals surface area contributed by atoms with Gasteiger partial charge in [-0.25, -0.2) is 8.42 Å². The van der Waals surface area contributed by atoms with Gasteiger partial charge >= 0.3 is 0 Å². The van der Waals surface area contributed by atoms with Crippen molar-refractivity contribution >= 4 is 27.5 Å². The Kier molecular flexibility index (Phi) is 8.03. The predicted molar refractivity (Wildman–Crippen MR) is 124 cm³/mol. The summed E-state index contributed by atoms with van der Waals surface area (Å²) in [5.41, 5.74) is 1.78. The number of nitrogens with one attached hydrogen (secondary N) is 1. The molecule has 2 aromatic rings. The number of sulfonamides is 1. The highest BCUT2D eigenvalue weighted by Crippen LogP contribution is 2.26. The van der Waals surface area contributed by atoms with Crippen LogP contribution in [0.2, 0.25) is 5.02 Å². The van der Waals surface area contributed by atoms with Gasteiger partial charge in [0.15, 0.2) is 6.10 Å². The molecule has 1 aliphatic rings. The Morgan fingerprint density at radius 2 is 1.69 bits per heavy atom. The van der Waals surface area contributed by atoms with Gasteiger partial charge in [0.05, 0.1) is 11.4 Å². The molecule has 1 N–H and O–H groups in total. The van der Waals surface area contributed by atoms with Crippen LogP contribution in [0.15, 0.2) is 41.3 Å². The van der Waals surface area contributed by atoms with Crippen molar-refractivity contribution in [2.45, 2.75) is 44.6 Å². The monoisotopic (exact) mass is 480 g/mol. The molecule has 9 heteroatoms. The van der Waals surface area contributed by atoms with Crippen molar-refractivity contribution in [2.24, 2.45) is 0 Å². The molecule has 32 heavy (non-hydrogen) atoms. The van der Waals surface area contributed by atoms with Crippen molar-refractivity contribution in [2.75, 3.05) is 26.2 Å². The minimum absolute atomic E-state index is 0.246. The van der Waals surface area contributed by atoms with Crippen molar-refractivity contribution < 1.29 is 22.7 Å². The topological polar surface area (TPSA) is 84.9 Å². The van der Waals surface area contributed by atoms with E-state index in [4.69, 9.17) is 21.1 Å². The van der Waals surface area contributed by atoms with Crippen LogP contribution in [0, 0.1) is 13.8 Å². The third-order valence-corrected chi connectivity index (χ3v) is 7.80. The van der Waals surface area contributed by atoms with Crippen LogP contribution in [0.3, 0.4) is 0 Å². The highest BCUT2D eigenvalue weighted by molar-refractivity contribution is 7.89. The Morgan fingerprint density at radius 3 is 2.28 bits per heavy atom. The van der Waals surface area contributed by atoms with Crippen LogP contribution < -0.4 is 14.8 Å². The Morgan fingerprint density at radius 1 is 1.09 bits per heavy atom. The molecule has 0 spiro atoms. The number of halogens is 1. The second-order valence-corrected chi connectivity index (χ2v) is 10.2.